The van der Waals surface area contributed by atoms with Crippen molar-refractivity contribution in [2.45, 2.75) is 51.4 Å². The number of methoxy groups -OCH3 is 1. The van der Waals surface area contributed by atoms with Gasteiger partial charge < -0.3 is 9.84 Å². The summed E-state index contributed by atoms with van der Waals surface area (Å²) in [6, 6.07) is 0. The molecule has 1 saturated carbocycles. The predicted octanol–water partition coefficient (Wildman–Crippen LogP) is 3.31. The smallest absolute Gasteiger partial charge is 0.392 e. The van der Waals surface area contributed by atoms with Crippen LogP contribution in [0.25, 0.3) is 0 Å². The van der Waals surface area contributed by atoms with Gasteiger partial charge >= 0.3 is 6.18 Å². The van der Waals surface area contributed by atoms with Gasteiger partial charge in [-0.25, -0.2) is 0 Å². The van der Waals surface area contributed by atoms with Crippen LogP contribution in [0.5, 0.6) is 5.75 Å². The van der Waals surface area contributed by atoms with Crippen molar-refractivity contribution in [3.8, 4) is 5.75 Å². The average molecular weight is 306 g/mol. The summed E-state index contributed by atoms with van der Waals surface area (Å²) in [5, 5.41) is 14.6. The van der Waals surface area contributed by atoms with Gasteiger partial charge in [0.15, 0.2) is 5.75 Å². The summed E-state index contributed by atoms with van der Waals surface area (Å²) in [6.07, 6.45) is -2.36. The van der Waals surface area contributed by atoms with Gasteiger partial charge in [-0.05, 0) is 19.8 Å². The van der Waals surface area contributed by atoms with E-state index in [1.54, 1.807) is 0 Å². The number of hydrogen-bond donors (Lipinski definition) is 1. The third-order valence-electron chi connectivity index (χ3n) is 4.29. The Labute approximate surface area is 121 Å². The van der Waals surface area contributed by atoms with Crippen LogP contribution in [0.1, 0.15) is 44.4 Å². The monoisotopic (exact) mass is 306 g/mol. The van der Waals surface area contributed by atoms with Gasteiger partial charge in [-0.3, -0.25) is 4.68 Å². The second kappa shape index (κ2) is 6.25. The van der Waals surface area contributed by atoms with Gasteiger partial charge in [0.2, 0.25) is 0 Å². The molecular formula is C14H21F3N2O2. The van der Waals surface area contributed by atoms with E-state index in [1.165, 1.54) is 18.0 Å². The average Bonchev–Trinajstić information content (AvgIpc) is 2.88. The van der Waals surface area contributed by atoms with Crippen molar-refractivity contribution in [3.05, 3.63) is 11.9 Å². The molecule has 2 rings (SSSR count). The summed E-state index contributed by atoms with van der Waals surface area (Å²) >= 11 is 0. The zero-order valence-electron chi connectivity index (χ0n) is 12.2. The maximum Gasteiger partial charge on any atom is 0.392 e. The Hall–Kier alpha value is -1.24. The van der Waals surface area contributed by atoms with E-state index in [0.717, 1.165) is 0 Å². The Bertz CT molecular complexity index is 452. The molecule has 0 bridgehead atoms. The molecule has 1 N–H and O–H groups in total. The van der Waals surface area contributed by atoms with E-state index in [-0.39, 0.29) is 6.42 Å². The molecule has 0 radical (unpaired) electrons. The van der Waals surface area contributed by atoms with E-state index in [9.17, 15) is 18.3 Å². The second-order valence-electron chi connectivity index (χ2n) is 5.46. The molecule has 1 heterocycles. The first-order valence-corrected chi connectivity index (χ1v) is 7.24. The highest BCUT2D eigenvalue weighted by atomic mass is 19.4. The van der Waals surface area contributed by atoms with Crippen LogP contribution in [-0.2, 0) is 6.54 Å². The standard InChI is InChI=1S/C14H21F3N2O2/c1-3-19-12(11(21-2)8-18-19)13(20)9-6-4-5-7-10(9)14(15,16)17/h8-10,13,20H,3-7H2,1-2H3. The Morgan fingerprint density at radius 3 is 2.67 bits per heavy atom. The number of aromatic nitrogens is 2. The SMILES string of the molecule is CCn1ncc(OC)c1C(O)C1CCCCC1C(F)(F)F. The zero-order chi connectivity index (χ0) is 15.6. The molecule has 0 amide bonds. The van der Waals surface area contributed by atoms with E-state index in [1.807, 2.05) is 6.92 Å². The molecule has 0 aromatic carbocycles. The summed E-state index contributed by atoms with van der Waals surface area (Å²) in [7, 11) is 1.43. The van der Waals surface area contributed by atoms with Crippen LogP contribution in [0.2, 0.25) is 0 Å². The number of aliphatic hydroxyl groups excluding tert-OH is 1. The largest absolute Gasteiger partial charge is 0.493 e. The second-order valence-corrected chi connectivity index (χ2v) is 5.46. The highest BCUT2D eigenvalue weighted by molar-refractivity contribution is 5.28. The number of hydrogen-bond acceptors (Lipinski definition) is 3. The van der Waals surface area contributed by atoms with Gasteiger partial charge in [0.25, 0.3) is 0 Å². The van der Waals surface area contributed by atoms with E-state index in [4.69, 9.17) is 4.74 Å². The first-order valence-electron chi connectivity index (χ1n) is 7.24. The Balaban J connectivity index is 2.33. The van der Waals surface area contributed by atoms with E-state index in [0.29, 0.717) is 37.3 Å². The molecule has 3 unspecified atom stereocenters. The van der Waals surface area contributed by atoms with Crippen LogP contribution in [-0.4, -0.2) is 28.2 Å². The number of aryl methyl sites for hydroxylation is 1. The molecule has 4 nitrogen and oxygen atoms in total. The molecule has 0 aliphatic heterocycles. The van der Waals surface area contributed by atoms with Crippen molar-refractivity contribution < 1.29 is 23.0 Å². The lowest BCUT2D eigenvalue weighted by Gasteiger charge is -2.36. The van der Waals surface area contributed by atoms with Crippen LogP contribution in [0, 0.1) is 11.8 Å². The molecule has 0 spiro atoms. The zero-order valence-corrected chi connectivity index (χ0v) is 12.2. The molecule has 1 aliphatic rings. The normalized spacial score (nSPS) is 24.9. The van der Waals surface area contributed by atoms with Gasteiger partial charge in [0, 0.05) is 12.5 Å². The molecule has 0 saturated heterocycles. The highest BCUT2D eigenvalue weighted by Crippen LogP contribution is 2.47. The lowest BCUT2D eigenvalue weighted by atomic mass is 9.75. The molecule has 120 valence electrons. The molecule has 3 atom stereocenters. The molecule has 1 aromatic rings. The quantitative estimate of drug-likeness (QED) is 0.928. The first kappa shape index (κ1) is 16.1. The van der Waals surface area contributed by atoms with Crippen LogP contribution in [0.4, 0.5) is 13.2 Å². The number of ether oxygens (including phenoxy) is 1. The topological polar surface area (TPSA) is 47.3 Å². The van der Waals surface area contributed by atoms with Gasteiger partial charge in [-0.1, -0.05) is 12.8 Å². The predicted molar refractivity (Wildman–Crippen MR) is 70.9 cm³/mol. The minimum atomic E-state index is -4.28. The molecular weight excluding hydrogens is 285 g/mol. The van der Waals surface area contributed by atoms with Crippen molar-refractivity contribution in [1.82, 2.24) is 9.78 Å². The number of rotatable bonds is 4. The Morgan fingerprint density at radius 2 is 2.10 bits per heavy atom. The number of nitrogens with zero attached hydrogens (tertiary/aromatic N) is 2. The third kappa shape index (κ3) is 3.17. The summed E-state index contributed by atoms with van der Waals surface area (Å²) < 4.78 is 46.2. The molecule has 1 aromatic heterocycles. The van der Waals surface area contributed by atoms with E-state index in [2.05, 4.69) is 5.10 Å². The summed E-state index contributed by atoms with van der Waals surface area (Å²) in [4.78, 5) is 0. The van der Waals surface area contributed by atoms with E-state index < -0.39 is 24.1 Å². The molecule has 1 aliphatic carbocycles. The summed E-state index contributed by atoms with van der Waals surface area (Å²) in [5.41, 5.74) is 0.348. The molecule has 1 fully saturated rings. The van der Waals surface area contributed by atoms with Crippen molar-refractivity contribution >= 4 is 0 Å². The minimum Gasteiger partial charge on any atom is -0.493 e. The van der Waals surface area contributed by atoms with Crippen molar-refractivity contribution in [1.29, 1.82) is 0 Å². The first-order chi connectivity index (χ1) is 9.90. The number of alkyl halides is 3. The fourth-order valence-corrected chi connectivity index (χ4v) is 3.23. The number of aliphatic hydroxyl groups is 1. The van der Waals surface area contributed by atoms with Crippen LogP contribution >= 0.6 is 0 Å². The van der Waals surface area contributed by atoms with Crippen LogP contribution in [0.15, 0.2) is 6.20 Å². The fourth-order valence-electron chi connectivity index (χ4n) is 3.23. The van der Waals surface area contributed by atoms with E-state index >= 15 is 0 Å². The van der Waals surface area contributed by atoms with Crippen molar-refractivity contribution in [2.24, 2.45) is 11.8 Å². The molecule has 21 heavy (non-hydrogen) atoms. The van der Waals surface area contributed by atoms with Gasteiger partial charge in [-0.15, -0.1) is 0 Å². The highest BCUT2D eigenvalue weighted by Gasteiger charge is 2.48. The fraction of sp³-hybridized carbons (Fsp3) is 0.786. The maximum absolute atomic E-state index is 13.2. The maximum atomic E-state index is 13.2. The summed E-state index contributed by atoms with van der Waals surface area (Å²) in [5.74, 6) is -1.96. The molecule has 7 heteroatoms. The number of halogens is 3. The van der Waals surface area contributed by atoms with Crippen molar-refractivity contribution in [2.75, 3.05) is 7.11 Å². The van der Waals surface area contributed by atoms with Gasteiger partial charge in [-0.2, -0.15) is 18.3 Å². The Morgan fingerprint density at radius 1 is 1.43 bits per heavy atom. The van der Waals surface area contributed by atoms with Crippen molar-refractivity contribution in [3.63, 3.8) is 0 Å². The Kier molecular flexibility index (Phi) is 4.81. The lowest BCUT2D eigenvalue weighted by Crippen LogP contribution is -2.36. The minimum absolute atomic E-state index is 0.0772. The third-order valence-corrected chi connectivity index (χ3v) is 4.29. The van der Waals surface area contributed by atoms with Crippen LogP contribution < -0.4 is 4.74 Å². The van der Waals surface area contributed by atoms with Gasteiger partial charge in [0.05, 0.1) is 19.2 Å². The van der Waals surface area contributed by atoms with Crippen LogP contribution in [0.3, 0.4) is 0 Å². The lowest BCUT2D eigenvalue weighted by molar-refractivity contribution is -0.207. The summed E-state index contributed by atoms with van der Waals surface area (Å²) in [6.45, 7) is 2.30. The van der Waals surface area contributed by atoms with Gasteiger partial charge in [0.1, 0.15) is 11.8 Å².